The van der Waals surface area contributed by atoms with E-state index in [9.17, 15) is 9.18 Å². The van der Waals surface area contributed by atoms with Crippen LogP contribution in [-0.4, -0.2) is 18.5 Å². The fourth-order valence-electron chi connectivity index (χ4n) is 1.49. The maximum Gasteiger partial charge on any atom is 0.165 e. The lowest BCUT2D eigenvalue weighted by molar-refractivity contribution is 0.0641. The van der Waals surface area contributed by atoms with Crippen LogP contribution in [0, 0.1) is 5.82 Å². The molecule has 0 radical (unpaired) electrons. The summed E-state index contributed by atoms with van der Waals surface area (Å²) in [5.74, 6) is -0.536. The third-order valence-electron chi connectivity index (χ3n) is 2.83. The molecule has 0 bridgehead atoms. The molecule has 0 fully saturated rings. The summed E-state index contributed by atoms with van der Waals surface area (Å²) in [5, 5.41) is 0. The van der Waals surface area contributed by atoms with Crippen LogP contribution < -0.4 is 0 Å². The number of ether oxygens (including phenoxy) is 1. The van der Waals surface area contributed by atoms with E-state index in [1.165, 1.54) is 12.1 Å². The van der Waals surface area contributed by atoms with E-state index in [0.717, 1.165) is 25.9 Å². The van der Waals surface area contributed by atoms with Crippen molar-refractivity contribution in [1.82, 2.24) is 0 Å². The van der Waals surface area contributed by atoms with Crippen LogP contribution in [-0.2, 0) is 4.74 Å². The Morgan fingerprint density at radius 3 is 2.35 bits per heavy atom. The summed E-state index contributed by atoms with van der Waals surface area (Å²) in [6, 6.07) is 6.08. The summed E-state index contributed by atoms with van der Waals surface area (Å²) in [6.45, 7) is 9.19. The Morgan fingerprint density at radius 2 is 1.85 bits per heavy atom. The average Bonchev–Trinajstić information content (AvgIpc) is 2.46. The Balaban J connectivity index is 0.000000396. The van der Waals surface area contributed by atoms with Crippen LogP contribution in [0.15, 0.2) is 24.3 Å². The molecule has 0 aliphatic heterocycles. The zero-order chi connectivity index (χ0) is 15.4. The zero-order valence-electron chi connectivity index (χ0n) is 13.1. The molecule has 0 aromatic heterocycles. The monoisotopic (exact) mass is 282 g/mol. The Kier molecular flexibility index (Phi) is 10.9. The molecule has 20 heavy (non-hydrogen) atoms. The van der Waals surface area contributed by atoms with Crippen LogP contribution in [0.25, 0.3) is 0 Å². The molecule has 1 atom stereocenters. The Hall–Kier alpha value is -1.22. The molecule has 0 saturated heterocycles. The van der Waals surface area contributed by atoms with Crippen LogP contribution in [0.1, 0.15) is 63.7 Å². The summed E-state index contributed by atoms with van der Waals surface area (Å²) in [5.41, 5.74) is 0.208. The number of halogens is 1. The number of rotatable bonds is 7. The number of carbonyl (C=O) groups excluding carboxylic acids is 1. The summed E-state index contributed by atoms with van der Waals surface area (Å²) >= 11 is 0. The number of carbonyl (C=O) groups is 1. The van der Waals surface area contributed by atoms with Crippen molar-refractivity contribution in [2.75, 3.05) is 6.61 Å². The topological polar surface area (TPSA) is 26.3 Å². The van der Waals surface area contributed by atoms with Gasteiger partial charge in [0.25, 0.3) is 0 Å². The summed E-state index contributed by atoms with van der Waals surface area (Å²) in [4.78, 5) is 11.2. The first-order valence-electron chi connectivity index (χ1n) is 7.46. The molecule has 0 saturated carbocycles. The smallest absolute Gasteiger partial charge is 0.165 e. The van der Waals surface area contributed by atoms with Gasteiger partial charge in [-0.25, -0.2) is 4.39 Å². The molecule has 0 aliphatic carbocycles. The van der Waals surface area contributed by atoms with Gasteiger partial charge in [-0.05, 0) is 38.3 Å². The van der Waals surface area contributed by atoms with Gasteiger partial charge in [0.15, 0.2) is 5.78 Å². The van der Waals surface area contributed by atoms with Gasteiger partial charge in [0.05, 0.1) is 11.7 Å². The van der Waals surface area contributed by atoms with Crippen molar-refractivity contribution in [2.45, 2.75) is 59.5 Å². The van der Waals surface area contributed by atoms with Crippen LogP contribution in [0.5, 0.6) is 0 Å². The second-order valence-electron chi connectivity index (χ2n) is 4.74. The molecule has 1 rings (SSSR count). The van der Waals surface area contributed by atoms with E-state index in [1.807, 2.05) is 6.92 Å². The summed E-state index contributed by atoms with van der Waals surface area (Å²) in [7, 11) is 0. The molecule has 3 heteroatoms. The number of benzene rings is 1. The van der Waals surface area contributed by atoms with Crippen molar-refractivity contribution in [3.8, 4) is 0 Å². The minimum Gasteiger partial charge on any atom is -0.379 e. The minimum atomic E-state index is -0.420. The Labute approximate surface area is 122 Å². The van der Waals surface area contributed by atoms with Crippen LogP contribution in [0.3, 0.4) is 0 Å². The first-order valence-corrected chi connectivity index (χ1v) is 7.46. The highest BCUT2D eigenvalue weighted by Crippen LogP contribution is 2.09. The van der Waals surface area contributed by atoms with Crippen molar-refractivity contribution in [2.24, 2.45) is 0 Å². The molecular formula is C17H27FO2. The van der Waals surface area contributed by atoms with Crippen molar-refractivity contribution < 1.29 is 13.9 Å². The molecule has 0 N–H and O–H groups in total. The Bertz CT molecular complexity index is 377. The first-order chi connectivity index (χ1) is 9.56. The van der Waals surface area contributed by atoms with Gasteiger partial charge < -0.3 is 4.74 Å². The largest absolute Gasteiger partial charge is 0.379 e. The van der Waals surface area contributed by atoms with E-state index in [0.29, 0.717) is 12.5 Å². The van der Waals surface area contributed by atoms with E-state index in [2.05, 4.69) is 20.8 Å². The third-order valence-corrected chi connectivity index (χ3v) is 2.83. The molecular weight excluding hydrogens is 255 g/mol. The van der Waals surface area contributed by atoms with Gasteiger partial charge in [0.1, 0.15) is 5.82 Å². The lowest BCUT2D eigenvalue weighted by Gasteiger charge is -2.07. The van der Waals surface area contributed by atoms with E-state index in [-0.39, 0.29) is 11.3 Å². The highest BCUT2D eigenvalue weighted by molar-refractivity contribution is 5.96. The van der Waals surface area contributed by atoms with Crippen molar-refractivity contribution in [1.29, 1.82) is 0 Å². The summed E-state index contributed by atoms with van der Waals surface area (Å²) in [6.07, 6.45) is 3.88. The number of Topliss-reactive ketones (excluding diaryl/α,β-unsaturated/α-hetero) is 1. The molecule has 1 aromatic rings. The van der Waals surface area contributed by atoms with Crippen molar-refractivity contribution in [3.05, 3.63) is 35.6 Å². The molecule has 2 nitrogen and oxygen atoms in total. The van der Waals surface area contributed by atoms with E-state index in [1.54, 1.807) is 12.1 Å². The normalized spacial score (nSPS) is 11.4. The van der Waals surface area contributed by atoms with Gasteiger partial charge in [-0.3, -0.25) is 4.79 Å². The molecule has 114 valence electrons. The van der Waals surface area contributed by atoms with Gasteiger partial charge >= 0.3 is 0 Å². The second kappa shape index (κ2) is 11.6. The zero-order valence-corrected chi connectivity index (χ0v) is 13.1. The predicted molar refractivity (Wildman–Crippen MR) is 81.6 cm³/mol. The van der Waals surface area contributed by atoms with Gasteiger partial charge in [0, 0.05) is 13.0 Å². The fraction of sp³-hybridized carbons (Fsp3) is 0.588. The maximum absolute atomic E-state index is 12.9. The third kappa shape index (κ3) is 8.05. The lowest BCUT2D eigenvalue weighted by atomic mass is 10.1. The lowest BCUT2D eigenvalue weighted by Crippen LogP contribution is -2.06. The first kappa shape index (κ1) is 18.8. The maximum atomic E-state index is 12.9. The van der Waals surface area contributed by atoms with Gasteiger partial charge in [-0.15, -0.1) is 0 Å². The van der Waals surface area contributed by atoms with Gasteiger partial charge in [0.2, 0.25) is 0 Å². The highest BCUT2D eigenvalue weighted by atomic mass is 19.1. The molecule has 0 aliphatic rings. The average molecular weight is 282 g/mol. The highest BCUT2D eigenvalue weighted by Gasteiger charge is 2.08. The number of hydrogen-bond donors (Lipinski definition) is 0. The molecule has 0 spiro atoms. The van der Waals surface area contributed by atoms with Gasteiger partial charge in [-0.1, -0.05) is 32.9 Å². The Morgan fingerprint density at radius 1 is 1.20 bits per heavy atom. The second-order valence-corrected chi connectivity index (χ2v) is 4.74. The van der Waals surface area contributed by atoms with Crippen molar-refractivity contribution in [3.63, 3.8) is 0 Å². The standard InChI is InChI=1S/C10H11FO.C7H16O/c1-2-5-10(12)8-6-3-4-7-9(8)11;1-4-6-8-7(3)5-2/h3-4,6-7H,2,5H2,1H3;7H,4-6H2,1-3H3. The van der Waals surface area contributed by atoms with Crippen LogP contribution in [0.2, 0.25) is 0 Å². The van der Waals surface area contributed by atoms with Crippen LogP contribution >= 0.6 is 0 Å². The molecule has 1 aromatic carbocycles. The minimum absolute atomic E-state index is 0.115. The van der Waals surface area contributed by atoms with E-state index in [4.69, 9.17) is 4.74 Å². The van der Waals surface area contributed by atoms with Crippen molar-refractivity contribution >= 4 is 5.78 Å². The molecule has 1 unspecified atom stereocenters. The summed E-state index contributed by atoms with van der Waals surface area (Å²) < 4.78 is 18.3. The van der Waals surface area contributed by atoms with Gasteiger partial charge in [-0.2, -0.15) is 0 Å². The quantitative estimate of drug-likeness (QED) is 0.656. The molecule has 0 heterocycles. The number of hydrogen-bond acceptors (Lipinski definition) is 2. The van der Waals surface area contributed by atoms with E-state index < -0.39 is 5.82 Å². The molecule has 0 amide bonds. The SMILES string of the molecule is CCCC(=O)c1ccccc1F.CCCOC(C)CC. The number of ketones is 1. The van der Waals surface area contributed by atoms with E-state index >= 15 is 0 Å². The van der Waals surface area contributed by atoms with Crippen LogP contribution in [0.4, 0.5) is 4.39 Å². The fourth-order valence-corrected chi connectivity index (χ4v) is 1.49. The predicted octanol–water partition coefficient (Wildman–Crippen LogP) is 5.02.